The number of rotatable bonds is 4. The highest BCUT2D eigenvalue weighted by Gasteiger charge is 2.35. The molecular weight excluding hydrogens is 380 g/mol. The maximum atomic E-state index is 3.84. The fourth-order valence-corrected chi connectivity index (χ4v) is 3.58. The predicted molar refractivity (Wildman–Crippen MR) is 96.3 cm³/mol. The van der Waals surface area contributed by atoms with Crippen LogP contribution in [0.2, 0.25) is 0 Å². The third kappa shape index (κ3) is 4.55. The van der Waals surface area contributed by atoms with Crippen molar-refractivity contribution in [3.63, 3.8) is 0 Å². The molecule has 20 heavy (non-hydrogen) atoms. The first-order chi connectivity index (χ1) is 8.81. The van der Waals surface area contributed by atoms with Gasteiger partial charge in [-0.3, -0.25) is 0 Å². The second-order valence-corrected chi connectivity index (χ2v) is 6.06. The summed E-state index contributed by atoms with van der Waals surface area (Å²) in [6.45, 7) is 3.56. The number of benzene rings is 1. The summed E-state index contributed by atoms with van der Waals surface area (Å²) in [7, 11) is 0. The molecule has 2 N–H and O–H groups in total. The zero-order valence-corrected chi connectivity index (χ0v) is 15.5. The molecule has 1 aliphatic carbocycles. The van der Waals surface area contributed by atoms with Crippen molar-refractivity contribution in [3.8, 4) is 0 Å². The highest BCUT2D eigenvalue weighted by molar-refractivity contribution is 8.93. The largest absolute Gasteiger partial charge is 0.312 e. The zero-order chi connectivity index (χ0) is 12.4. The van der Waals surface area contributed by atoms with Gasteiger partial charge in [0, 0.05) is 18.1 Å². The van der Waals surface area contributed by atoms with Crippen molar-refractivity contribution in [1.29, 1.82) is 0 Å². The summed E-state index contributed by atoms with van der Waals surface area (Å²) < 4.78 is 0. The van der Waals surface area contributed by atoms with E-state index < -0.39 is 0 Å². The summed E-state index contributed by atoms with van der Waals surface area (Å²) in [5.74, 6) is 0.913. The molecule has 0 aromatic heterocycles. The van der Waals surface area contributed by atoms with Crippen molar-refractivity contribution in [2.75, 3.05) is 6.54 Å². The lowest BCUT2D eigenvalue weighted by Gasteiger charge is -2.44. The van der Waals surface area contributed by atoms with E-state index >= 15 is 0 Å². The van der Waals surface area contributed by atoms with E-state index in [0.29, 0.717) is 18.1 Å². The molecule has 1 aromatic rings. The fraction of sp³-hybridized carbons (Fsp3) is 0.625. The maximum absolute atomic E-state index is 3.84. The van der Waals surface area contributed by atoms with Crippen LogP contribution in [0.3, 0.4) is 0 Å². The Morgan fingerprint density at radius 2 is 1.95 bits per heavy atom. The average Bonchev–Trinajstić information content (AvgIpc) is 2.41. The van der Waals surface area contributed by atoms with Crippen LogP contribution in [0, 0.1) is 5.92 Å². The minimum atomic E-state index is 0. The Kier molecular flexibility index (Phi) is 7.73. The van der Waals surface area contributed by atoms with Gasteiger partial charge in [0.25, 0.3) is 0 Å². The smallest absolute Gasteiger partial charge is 0.0226 e. The van der Waals surface area contributed by atoms with Crippen molar-refractivity contribution >= 4 is 34.0 Å². The van der Waals surface area contributed by atoms with E-state index in [1.54, 1.807) is 0 Å². The Hall–Kier alpha value is 0.1000. The van der Waals surface area contributed by atoms with Gasteiger partial charge in [-0.05, 0) is 50.6 Å². The molecule has 1 saturated carbocycles. The van der Waals surface area contributed by atoms with E-state index in [4.69, 9.17) is 0 Å². The summed E-state index contributed by atoms with van der Waals surface area (Å²) in [6, 6.07) is 12.8. The number of nitrogens with one attached hydrogen (secondary N) is 2. The molecule has 2 nitrogen and oxygen atoms in total. The van der Waals surface area contributed by atoms with Crippen LogP contribution in [0.5, 0.6) is 0 Å². The van der Waals surface area contributed by atoms with Crippen LogP contribution < -0.4 is 10.6 Å². The average molecular weight is 406 g/mol. The minimum absolute atomic E-state index is 0. The molecule has 3 fully saturated rings. The van der Waals surface area contributed by atoms with Crippen molar-refractivity contribution in [3.05, 3.63) is 35.9 Å². The topological polar surface area (TPSA) is 24.1 Å². The Morgan fingerprint density at radius 1 is 1.20 bits per heavy atom. The second-order valence-electron chi connectivity index (χ2n) is 6.06. The molecule has 2 bridgehead atoms. The summed E-state index contributed by atoms with van der Waals surface area (Å²) in [5, 5.41) is 7.51. The van der Waals surface area contributed by atoms with Gasteiger partial charge in [-0.15, -0.1) is 34.0 Å². The molecule has 0 radical (unpaired) electrons. The maximum Gasteiger partial charge on any atom is 0.0226 e. The van der Waals surface area contributed by atoms with Gasteiger partial charge < -0.3 is 10.6 Å². The van der Waals surface area contributed by atoms with Crippen LogP contribution in [0.1, 0.15) is 31.7 Å². The summed E-state index contributed by atoms with van der Waals surface area (Å²) in [6.07, 6.45) is 5.30. The summed E-state index contributed by atoms with van der Waals surface area (Å²) >= 11 is 0. The third-order valence-electron chi connectivity index (χ3n) is 4.51. The van der Waals surface area contributed by atoms with Crippen LogP contribution in [-0.4, -0.2) is 24.7 Å². The minimum Gasteiger partial charge on any atom is -0.312 e. The quantitative estimate of drug-likeness (QED) is 0.800. The monoisotopic (exact) mass is 404 g/mol. The van der Waals surface area contributed by atoms with E-state index in [0.717, 1.165) is 12.3 Å². The van der Waals surface area contributed by atoms with E-state index in [9.17, 15) is 0 Å². The number of piperidine rings is 2. The molecule has 1 aromatic carbocycles. The predicted octanol–water partition coefficient (Wildman–Crippen LogP) is 3.50. The number of halogens is 2. The number of fused-ring (bicyclic) bond motifs is 3. The third-order valence-corrected chi connectivity index (χ3v) is 4.51. The highest BCUT2D eigenvalue weighted by Crippen LogP contribution is 2.29. The van der Waals surface area contributed by atoms with E-state index in [2.05, 4.69) is 47.9 Å². The van der Waals surface area contributed by atoms with E-state index in [1.807, 2.05) is 0 Å². The van der Waals surface area contributed by atoms with Gasteiger partial charge in [0.15, 0.2) is 0 Å². The van der Waals surface area contributed by atoms with Gasteiger partial charge in [0.1, 0.15) is 0 Å². The molecule has 4 heteroatoms. The number of hydrogen-bond donors (Lipinski definition) is 2. The Morgan fingerprint density at radius 3 is 2.50 bits per heavy atom. The standard InChI is InChI=1S/C16H24N2.2BrH/c1-12(9-13-5-3-2-4-6-13)18-16-10-14-7-8-15(16)17-11-14;;/h2-6,12,14-18H,7-11H2,1H3;2*1H. The van der Waals surface area contributed by atoms with Crippen LogP contribution in [0.15, 0.2) is 30.3 Å². The SMILES string of the molecule is Br.Br.CC(Cc1ccccc1)NC1CC2CCC1NC2. The van der Waals surface area contributed by atoms with Gasteiger partial charge >= 0.3 is 0 Å². The first kappa shape index (κ1) is 18.1. The van der Waals surface area contributed by atoms with Gasteiger partial charge in [-0.2, -0.15) is 0 Å². The first-order valence-corrected chi connectivity index (χ1v) is 7.34. The second kappa shape index (κ2) is 8.52. The Balaban J connectivity index is 0.000001000. The molecule has 0 spiro atoms. The van der Waals surface area contributed by atoms with Crippen molar-refractivity contribution in [2.45, 2.75) is 50.7 Å². The molecule has 4 unspecified atom stereocenters. The Bertz CT molecular complexity index is 377. The molecule has 114 valence electrons. The summed E-state index contributed by atoms with van der Waals surface area (Å²) in [4.78, 5) is 0. The number of hydrogen-bond acceptors (Lipinski definition) is 2. The van der Waals surface area contributed by atoms with Gasteiger partial charge in [0.2, 0.25) is 0 Å². The van der Waals surface area contributed by atoms with Crippen LogP contribution in [-0.2, 0) is 6.42 Å². The summed E-state index contributed by atoms with van der Waals surface area (Å²) in [5.41, 5.74) is 1.44. The zero-order valence-electron chi connectivity index (χ0n) is 12.0. The molecule has 3 aliphatic rings. The van der Waals surface area contributed by atoms with Crippen LogP contribution in [0.4, 0.5) is 0 Å². The lowest BCUT2D eigenvalue weighted by atomic mass is 9.78. The molecule has 4 atom stereocenters. The normalized spacial score (nSPS) is 29.1. The highest BCUT2D eigenvalue weighted by atomic mass is 79.9. The first-order valence-electron chi connectivity index (χ1n) is 7.34. The van der Waals surface area contributed by atoms with Crippen molar-refractivity contribution < 1.29 is 0 Å². The van der Waals surface area contributed by atoms with Gasteiger partial charge in [-0.1, -0.05) is 30.3 Å². The van der Waals surface area contributed by atoms with Gasteiger partial charge in [0.05, 0.1) is 0 Å². The van der Waals surface area contributed by atoms with Crippen LogP contribution >= 0.6 is 34.0 Å². The Labute approximate surface area is 143 Å². The molecule has 0 amide bonds. The molecular formula is C16H26Br2N2. The van der Waals surface area contributed by atoms with Crippen LogP contribution in [0.25, 0.3) is 0 Å². The van der Waals surface area contributed by atoms with Gasteiger partial charge in [-0.25, -0.2) is 0 Å². The van der Waals surface area contributed by atoms with Crippen molar-refractivity contribution in [1.82, 2.24) is 10.6 Å². The lowest BCUT2D eigenvalue weighted by Crippen LogP contribution is -2.59. The molecule has 2 aliphatic heterocycles. The van der Waals surface area contributed by atoms with Crippen molar-refractivity contribution in [2.24, 2.45) is 5.92 Å². The van der Waals surface area contributed by atoms with E-state index in [1.165, 1.54) is 31.4 Å². The lowest BCUT2D eigenvalue weighted by molar-refractivity contribution is 0.153. The molecule has 2 saturated heterocycles. The molecule has 2 heterocycles. The molecule has 4 rings (SSSR count). The fourth-order valence-electron chi connectivity index (χ4n) is 3.58. The van der Waals surface area contributed by atoms with E-state index in [-0.39, 0.29) is 34.0 Å².